The molecule has 0 saturated carbocycles. The number of furan rings is 1. The summed E-state index contributed by atoms with van der Waals surface area (Å²) in [5.41, 5.74) is 0.727. The fourth-order valence-corrected chi connectivity index (χ4v) is 4.71. The third kappa shape index (κ3) is 3.65. The zero-order valence-electron chi connectivity index (χ0n) is 17.7. The molecule has 3 heterocycles. The third-order valence-corrected chi connectivity index (χ3v) is 6.18. The van der Waals surface area contributed by atoms with E-state index in [0.29, 0.717) is 22.8 Å². The van der Waals surface area contributed by atoms with Gasteiger partial charge in [0.2, 0.25) is 6.79 Å². The fourth-order valence-electron chi connectivity index (χ4n) is 4.07. The van der Waals surface area contributed by atoms with Gasteiger partial charge in [0.15, 0.2) is 17.2 Å². The first-order valence-electron chi connectivity index (χ1n) is 10.1. The van der Waals surface area contributed by atoms with Crippen molar-refractivity contribution in [3.63, 3.8) is 0 Å². The van der Waals surface area contributed by atoms with Crippen LogP contribution in [0.4, 0.5) is 0 Å². The number of aliphatic hydroxyl groups excluding tert-OH is 1. The predicted molar refractivity (Wildman–Crippen MR) is 122 cm³/mol. The van der Waals surface area contributed by atoms with Gasteiger partial charge in [-0.05, 0) is 42.0 Å². The number of amides is 1. The van der Waals surface area contributed by atoms with Gasteiger partial charge >= 0.3 is 0 Å². The summed E-state index contributed by atoms with van der Waals surface area (Å²) in [7, 11) is 1.41. The minimum absolute atomic E-state index is 0.0630. The Balaban J connectivity index is 1.60. The van der Waals surface area contributed by atoms with Gasteiger partial charge < -0.3 is 28.6 Å². The zero-order valence-corrected chi connectivity index (χ0v) is 19.2. The number of nitrogens with zero attached hydrogens (tertiary/aromatic N) is 1. The average Bonchev–Trinajstić information content (AvgIpc) is 3.55. The molecule has 1 saturated heterocycles. The number of rotatable bonds is 5. The first kappa shape index (κ1) is 22.2. The second kappa shape index (κ2) is 8.62. The van der Waals surface area contributed by atoms with Gasteiger partial charge in [-0.15, -0.1) is 0 Å². The Labute approximate surface area is 203 Å². The summed E-state index contributed by atoms with van der Waals surface area (Å²) in [6, 6.07) is 10.4. The Bertz CT molecular complexity index is 1310. The maximum atomic E-state index is 13.1. The van der Waals surface area contributed by atoms with E-state index < -0.39 is 23.5 Å². The highest BCUT2D eigenvalue weighted by Gasteiger charge is 2.47. The standard InChI is InChI=1S/C24H17Cl2NO7/c1-31-23-14(25)8-13(9-15(23)26)21(28)19-20(17-3-2-6-32-17)27(24(30)22(19)29)10-12-4-5-16-18(7-12)34-11-33-16/h2-9,20,28H,10-11H2,1H3/b21-19-. The molecule has 0 radical (unpaired) electrons. The van der Waals surface area contributed by atoms with E-state index in [9.17, 15) is 14.7 Å². The van der Waals surface area contributed by atoms with Crippen molar-refractivity contribution in [3.05, 3.63) is 81.2 Å². The number of methoxy groups -OCH3 is 1. The number of likely N-dealkylation sites (tertiary alicyclic amines) is 1. The number of halogens is 2. The predicted octanol–water partition coefficient (Wildman–Crippen LogP) is 4.95. The van der Waals surface area contributed by atoms with Gasteiger partial charge in [-0.3, -0.25) is 9.59 Å². The van der Waals surface area contributed by atoms with Crippen LogP contribution in [0, 0.1) is 0 Å². The summed E-state index contributed by atoms with van der Waals surface area (Å²) in [6.45, 7) is 0.177. The minimum atomic E-state index is -0.972. The second-order valence-corrected chi connectivity index (χ2v) is 8.42. The maximum absolute atomic E-state index is 13.1. The van der Waals surface area contributed by atoms with Crippen LogP contribution in [0.1, 0.15) is 22.9 Å². The molecule has 0 aliphatic carbocycles. The molecule has 8 nitrogen and oxygen atoms in total. The van der Waals surface area contributed by atoms with Gasteiger partial charge in [-0.25, -0.2) is 0 Å². The van der Waals surface area contributed by atoms with Crippen molar-refractivity contribution in [1.29, 1.82) is 0 Å². The van der Waals surface area contributed by atoms with Crippen LogP contribution in [0.15, 0.2) is 58.7 Å². The number of carbonyl (C=O) groups excluding carboxylic acids is 2. The monoisotopic (exact) mass is 501 g/mol. The lowest BCUT2D eigenvalue weighted by molar-refractivity contribution is -0.140. The highest BCUT2D eigenvalue weighted by Crippen LogP contribution is 2.43. The maximum Gasteiger partial charge on any atom is 0.296 e. The number of carbonyl (C=O) groups is 2. The molecule has 1 unspecified atom stereocenters. The molecule has 2 aromatic carbocycles. The molecule has 0 spiro atoms. The van der Waals surface area contributed by atoms with E-state index in [1.54, 1.807) is 30.3 Å². The molecule has 1 atom stereocenters. The second-order valence-electron chi connectivity index (χ2n) is 7.60. The van der Waals surface area contributed by atoms with Crippen molar-refractivity contribution in [3.8, 4) is 17.2 Å². The highest BCUT2D eigenvalue weighted by molar-refractivity contribution is 6.46. The summed E-state index contributed by atoms with van der Waals surface area (Å²) in [4.78, 5) is 27.5. The molecular formula is C24H17Cl2NO7. The molecule has 10 heteroatoms. The van der Waals surface area contributed by atoms with Crippen LogP contribution in [0.5, 0.6) is 17.2 Å². The Morgan fingerprint density at radius 3 is 2.53 bits per heavy atom. The lowest BCUT2D eigenvalue weighted by Gasteiger charge is -2.23. The number of hydrogen-bond acceptors (Lipinski definition) is 7. The Morgan fingerprint density at radius 2 is 1.85 bits per heavy atom. The number of benzene rings is 2. The van der Waals surface area contributed by atoms with Gasteiger partial charge in [0.05, 0.1) is 29.0 Å². The summed E-state index contributed by atoms with van der Waals surface area (Å²) < 4.78 is 21.4. The molecule has 3 aromatic rings. The van der Waals surface area contributed by atoms with Crippen LogP contribution in [-0.2, 0) is 16.1 Å². The molecule has 5 rings (SSSR count). The molecular weight excluding hydrogens is 485 g/mol. The fraction of sp³-hybridized carbons (Fsp3) is 0.167. The number of aliphatic hydroxyl groups is 1. The van der Waals surface area contributed by atoms with Crippen LogP contribution in [0.25, 0.3) is 5.76 Å². The van der Waals surface area contributed by atoms with Crippen molar-refractivity contribution in [1.82, 2.24) is 4.90 Å². The van der Waals surface area contributed by atoms with Crippen molar-refractivity contribution in [2.45, 2.75) is 12.6 Å². The number of hydrogen-bond donors (Lipinski definition) is 1. The van der Waals surface area contributed by atoms with Gasteiger partial charge in [0.1, 0.15) is 17.6 Å². The van der Waals surface area contributed by atoms with Crippen LogP contribution >= 0.6 is 23.2 Å². The van der Waals surface area contributed by atoms with E-state index in [1.807, 2.05) is 0 Å². The average molecular weight is 502 g/mol. The molecule has 0 bridgehead atoms. The van der Waals surface area contributed by atoms with Crippen LogP contribution < -0.4 is 14.2 Å². The molecule has 1 N–H and O–H groups in total. The molecule has 2 aliphatic rings. The normalized spacial score (nSPS) is 18.6. The minimum Gasteiger partial charge on any atom is -0.507 e. The molecule has 1 fully saturated rings. The van der Waals surface area contributed by atoms with E-state index in [1.165, 1.54) is 30.4 Å². The summed E-state index contributed by atoms with van der Waals surface area (Å²) in [5, 5.41) is 11.4. The zero-order chi connectivity index (χ0) is 24.0. The Hall–Kier alpha value is -3.62. The number of ether oxygens (including phenoxy) is 3. The van der Waals surface area contributed by atoms with Crippen molar-refractivity contribution < 1.29 is 33.3 Å². The largest absolute Gasteiger partial charge is 0.507 e. The van der Waals surface area contributed by atoms with E-state index in [-0.39, 0.29) is 40.3 Å². The first-order valence-corrected chi connectivity index (χ1v) is 10.9. The Kier molecular flexibility index (Phi) is 5.63. The molecule has 1 amide bonds. The molecule has 174 valence electrons. The van der Waals surface area contributed by atoms with Crippen LogP contribution in [0.2, 0.25) is 10.0 Å². The molecule has 1 aromatic heterocycles. The van der Waals surface area contributed by atoms with E-state index in [0.717, 1.165) is 0 Å². The molecule has 34 heavy (non-hydrogen) atoms. The Morgan fingerprint density at radius 1 is 1.12 bits per heavy atom. The van der Waals surface area contributed by atoms with Gasteiger partial charge in [0, 0.05) is 12.1 Å². The van der Waals surface area contributed by atoms with Gasteiger partial charge in [-0.1, -0.05) is 29.3 Å². The van der Waals surface area contributed by atoms with Crippen molar-refractivity contribution >= 4 is 40.7 Å². The number of fused-ring (bicyclic) bond motifs is 1. The van der Waals surface area contributed by atoms with Crippen molar-refractivity contribution in [2.24, 2.45) is 0 Å². The number of Topliss-reactive ketones (excluding diaryl/α,β-unsaturated/α-hetero) is 1. The van der Waals surface area contributed by atoms with Gasteiger partial charge in [-0.2, -0.15) is 0 Å². The third-order valence-electron chi connectivity index (χ3n) is 5.62. The highest BCUT2D eigenvalue weighted by atomic mass is 35.5. The quantitative estimate of drug-likeness (QED) is 0.300. The molecule has 2 aliphatic heterocycles. The topological polar surface area (TPSA) is 98.4 Å². The lowest BCUT2D eigenvalue weighted by Crippen LogP contribution is -2.29. The van der Waals surface area contributed by atoms with Crippen molar-refractivity contribution in [2.75, 3.05) is 13.9 Å². The van der Waals surface area contributed by atoms with Crippen LogP contribution in [-0.4, -0.2) is 35.6 Å². The lowest BCUT2D eigenvalue weighted by atomic mass is 9.99. The smallest absolute Gasteiger partial charge is 0.296 e. The summed E-state index contributed by atoms with van der Waals surface area (Å²) in [6.07, 6.45) is 1.43. The van der Waals surface area contributed by atoms with E-state index >= 15 is 0 Å². The first-order chi connectivity index (χ1) is 16.4. The summed E-state index contributed by atoms with van der Waals surface area (Å²) in [5.74, 6) is -0.390. The van der Waals surface area contributed by atoms with E-state index in [4.69, 9.17) is 41.8 Å². The van der Waals surface area contributed by atoms with E-state index in [2.05, 4.69) is 0 Å². The SMILES string of the molecule is COc1c(Cl)cc(/C(O)=C2/C(=O)C(=O)N(Cc3ccc4c(c3)OCO4)C2c2ccco2)cc1Cl. The van der Waals surface area contributed by atoms with Gasteiger partial charge in [0.25, 0.3) is 11.7 Å². The summed E-state index contributed by atoms with van der Waals surface area (Å²) >= 11 is 12.4. The number of ketones is 1. The van der Waals surface area contributed by atoms with Crippen LogP contribution in [0.3, 0.4) is 0 Å².